The maximum absolute atomic E-state index is 11.1. The van der Waals surface area contributed by atoms with E-state index in [2.05, 4.69) is 26.8 Å². The molecule has 7 heteroatoms. The topological polar surface area (TPSA) is 67.9 Å². The number of carbonyl (C=O) groups excluding carboxylic acids is 1. The van der Waals surface area contributed by atoms with Gasteiger partial charge < -0.3 is 9.72 Å². The molecule has 2 aromatic heterocycles. The number of rotatable bonds is 2. The Morgan fingerprint density at radius 2 is 2.26 bits per heavy atom. The van der Waals surface area contributed by atoms with E-state index in [0.717, 1.165) is 0 Å². The van der Waals surface area contributed by atoms with Crippen LogP contribution in [0, 0.1) is 11.8 Å². The van der Waals surface area contributed by atoms with Crippen LogP contribution in [0.2, 0.25) is 10.4 Å². The van der Waals surface area contributed by atoms with Crippen LogP contribution in [0.5, 0.6) is 0 Å². The molecule has 0 aliphatic heterocycles. The number of ether oxygens (including phenoxy) is 1. The summed E-state index contributed by atoms with van der Waals surface area (Å²) in [5, 5.41) is 0.865. The van der Waals surface area contributed by atoms with Crippen LogP contribution in [-0.2, 0) is 9.53 Å². The molecule has 98 valence electrons. The SMILES string of the molecule is CCOC(=O)CC#Cc1c[nH]c2nc(Cl)nc(Cl)c12. The molecule has 5 nitrogen and oxygen atoms in total. The van der Waals surface area contributed by atoms with Gasteiger partial charge in [0.2, 0.25) is 5.28 Å². The van der Waals surface area contributed by atoms with Crippen molar-refractivity contribution in [3.8, 4) is 11.8 Å². The van der Waals surface area contributed by atoms with Gasteiger partial charge in [-0.15, -0.1) is 0 Å². The number of H-pyrrole nitrogens is 1. The van der Waals surface area contributed by atoms with Crippen LogP contribution in [0.25, 0.3) is 11.0 Å². The highest BCUT2D eigenvalue weighted by molar-refractivity contribution is 6.36. The molecule has 0 unspecified atom stereocenters. The van der Waals surface area contributed by atoms with Gasteiger partial charge in [0.15, 0.2) is 0 Å². The lowest BCUT2D eigenvalue weighted by molar-refractivity contribution is -0.141. The molecule has 0 fully saturated rings. The fraction of sp³-hybridized carbons (Fsp3) is 0.250. The third kappa shape index (κ3) is 3.16. The Kier molecular flexibility index (Phi) is 4.25. The lowest BCUT2D eigenvalue weighted by Crippen LogP contribution is -2.01. The number of aromatic amines is 1. The summed E-state index contributed by atoms with van der Waals surface area (Å²) >= 11 is 11.7. The number of hydrogen-bond acceptors (Lipinski definition) is 4. The predicted octanol–water partition coefficient (Wildman–Crippen LogP) is 2.57. The van der Waals surface area contributed by atoms with Crippen molar-refractivity contribution < 1.29 is 9.53 Å². The number of fused-ring (bicyclic) bond motifs is 1. The van der Waals surface area contributed by atoms with E-state index in [1.807, 2.05) is 0 Å². The van der Waals surface area contributed by atoms with Crippen LogP contribution in [0.4, 0.5) is 0 Å². The monoisotopic (exact) mass is 297 g/mol. The van der Waals surface area contributed by atoms with Crippen molar-refractivity contribution in [1.29, 1.82) is 0 Å². The number of aromatic nitrogens is 3. The molecular weight excluding hydrogens is 289 g/mol. The minimum absolute atomic E-state index is 0.0204. The lowest BCUT2D eigenvalue weighted by atomic mass is 10.2. The highest BCUT2D eigenvalue weighted by Crippen LogP contribution is 2.24. The molecule has 0 amide bonds. The van der Waals surface area contributed by atoms with Crippen molar-refractivity contribution in [2.45, 2.75) is 13.3 Å². The van der Waals surface area contributed by atoms with Crippen LogP contribution in [0.3, 0.4) is 0 Å². The van der Waals surface area contributed by atoms with Crippen molar-refractivity contribution in [2.24, 2.45) is 0 Å². The molecule has 19 heavy (non-hydrogen) atoms. The standard InChI is InChI=1S/C12H9Cl2N3O2/c1-2-19-8(18)5-3-4-7-6-15-11-9(7)10(13)16-12(14)17-11/h6H,2,5H2,1H3,(H,15,16,17). The Morgan fingerprint density at radius 3 is 3.00 bits per heavy atom. The summed E-state index contributed by atoms with van der Waals surface area (Å²) in [7, 11) is 0. The second-order valence-electron chi connectivity index (χ2n) is 3.49. The van der Waals surface area contributed by atoms with Crippen molar-refractivity contribution in [2.75, 3.05) is 6.61 Å². The third-order valence-corrected chi connectivity index (χ3v) is 2.66. The Balaban J connectivity index is 2.27. The lowest BCUT2D eigenvalue weighted by Gasteiger charge is -1.95. The van der Waals surface area contributed by atoms with Crippen molar-refractivity contribution in [1.82, 2.24) is 15.0 Å². The number of halogens is 2. The average Bonchev–Trinajstić information content (AvgIpc) is 2.72. The molecule has 0 saturated heterocycles. The Hall–Kier alpha value is -1.77. The molecule has 0 aliphatic carbocycles. The molecule has 0 spiro atoms. The quantitative estimate of drug-likeness (QED) is 0.400. The summed E-state index contributed by atoms with van der Waals surface area (Å²) in [6.45, 7) is 2.08. The number of carbonyl (C=O) groups is 1. The molecule has 2 rings (SSSR count). The second kappa shape index (κ2) is 5.91. The molecule has 1 N–H and O–H groups in total. The van der Waals surface area contributed by atoms with Gasteiger partial charge in [-0.05, 0) is 18.5 Å². The van der Waals surface area contributed by atoms with Gasteiger partial charge in [-0.1, -0.05) is 23.4 Å². The van der Waals surface area contributed by atoms with Gasteiger partial charge in [0.25, 0.3) is 0 Å². The van der Waals surface area contributed by atoms with E-state index in [-0.39, 0.29) is 22.8 Å². The van der Waals surface area contributed by atoms with Crippen molar-refractivity contribution in [3.63, 3.8) is 0 Å². The molecule has 0 aromatic carbocycles. The van der Waals surface area contributed by atoms with Gasteiger partial charge >= 0.3 is 5.97 Å². The van der Waals surface area contributed by atoms with Gasteiger partial charge in [0.05, 0.1) is 17.6 Å². The number of nitrogens with zero attached hydrogens (tertiary/aromatic N) is 2. The van der Waals surface area contributed by atoms with E-state index < -0.39 is 0 Å². The minimum atomic E-state index is -0.361. The fourth-order valence-corrected chi connectivity index (χ4v) is 1.97. The number of nitrogens with one attached hydrogen (secondary N) is 1. The summed E-state index contributed by atoms with van der Waals surface area (Å²) in [6.07, 6.45) is 1.66. The average molecular weight is 298 g/mol. The van der Waals surface area contributed by atoms with Crippen LogP contribution < -0.4 is 0 Å². The van der Waals surface area contributed by atoms with E-state index in [0.29, 0.717) is 23.2 Å². The first-order valence-electron chi connectivity index (χ1n) is 5.46. The van der Waals surface area contributed by atoms with Crippen LogP contribution in [-0.4, -0.2) is 27.5 Å². The first kappa shape index (κ1) is 13.7. The third-order valence-electron chi connectivity index (χ3n) is 2.22. The summed E-state index contributed by atoms with van der Waals surface area (Å²) in [6, 6.07) is 0. The van der Waals surface area contributed by atoms with E-state index in [9.17, 15) is 4.79 Å². The van der Waals surface area contributed by atoms with Gasteiger partial charge in [-0.2, -0.15) is 4.98 Å². The first-order chi connectivity index (χ1) is 9.11. The van der Waals surface area contributed by atoms with E-state index in [1.165, 1.54) is 0 Å². The molecule has 0 atom stereocenters. The van der Waals surface area contributed by atoms with Gasteiger partial charge in [0.1, 0.15) is 17.2 Å². The molecule has 2 heterocycles. The van der Waals surface area contributed by atoms with Gasteiger partial charge in [0, 0.05) is 6.20 Å². The smallest absolute Gasteiger partial charge is 0.317 e. The highest BCUT2D eigenvalue weighted by Gasteiger charge is 2.10. The van der Waals surface area contributed by atoms with Crippen molar-refractivity contribution >= 4 is 40.2 Å². The van der Waals surface area contributed by atoms with E-state index in [1.54, 1.807) is 13.1 Å². The Bertz CT molecular complexity index is 685. The highest BCUT2D eigenvalue weighted by atomic mass is 35.5. The maximum atomic E-state index is 11.1. The summed E-state index contributed by atoms with van der Waals surface area (Å²) in [5.74, 6) is 5.18. The summed E-state index contributed by atoms with van der Waals surface area (Å²) in [5.41, 5.74) is 1.12. The number of esters is 1. The van der Waals surface area contributed by atoms with Crippen LogP contribution in [0.15, 0.2) is 6.20 Å². The van der Waals surface area contributed by atoms with Gasteiger partial charge in [-0.3, -0.25) is 4.79 Å². The molecule has 0 saturated carbocycles. The Morgan fingerprint density at radius 1 is 1.47 bits per heavy atom. The first-order valence-corrected chi connectivity index (χ1v) is 6.22. The van der Waals surface area contributed by atoms with Crippen molar-refractivity contribution in [3.05, 3.63) is 22.2 Å². The Labute approximate surface area is 119 Å². The molecule has 0 radical (unpaired) electrons. The summed E-state index contributed by atoms with van der Waals surface area (Å²) in [4.78, 5) is 21.9. The zero-order valence-corrected chi connectivity index (χ0v) is 11.5. The predicted molar refractivity (Wildman–Crippen MR) is 72.0 cm³/mol. The maximum Gasteiger partial charge on any atom is 0.317 e. The normalized spacial score (nSPS) is 10.1. The molecule has 0 bridgehead atoms. The second-order valence-corrected chi connectivity index (χ2v) is 4.19. The molecule has 2 aromatic rings. The van der Waals surface area contributed by atoms with Crippen LogP contribution >= 0.6 is 23.2 Å². The number of hydrogen-bond donors (Lipinski definition) is 1. The van der Waals surface area contributed by atoms with E-state index in [4.69, 9.17) is 27.9 Å². The van der Waals surface area contributed by atoms with Gasteiger partial charge in [-0.25, -0.2) is 4.98 Å². The zero-order chi connectivity index (χ0) is 13.8. The van der Waals surface area contributed by atoms with E-state index >= 15 is 0 Å². The molecular formula is C12H9Cl2N3O2. The minimum Gasteiger partial charge on any atom is -0.465 e. The van der Waals surface area contributed by atoms with Crippen LogP contribution in [0.1, 0.15) is 18.9 Å². The zero-order valence-electron chi connectivity index (χ0n) is 9.96. The largest absolute Gasteiger partial charge is 0.465 e. The summed E-state index contributed by atoms with van der Waals surface area (Å²) < 4.78 is 4.77. The molecule has 0 aliphatic rings. The fourth-order valence-electron chi connectivity index (χ4n) is 1.49.